The van der Waals surface area contributed by atoms with Gasteiger partial charge in [-0.05, 0) is 32.4 Å². The lowest BCUT2D eigenvalue weighted by molar-refractivity contribution is -0.138. The van der Waals surface area contributed by atoms with Gasteiger partial charge in [0.2, 0.25) is 0 Å². The van der Waals surface area contributed by atoms with Crippen LogP contribution in [0, 0.1) is 5.92 Å². The third kappa shape index (κ3) is 3.17. The molecule has 92 valence electrons. The van der Waals surface area contributed by atoms with Gasteiger partial charge in [-0.3, -0.25) is 4.79 Å². The fourth-order valence-electron chi connectivity index (χ4n) is 2.27. The molecule has 2 fully saturated rings. The summed E-state index contributed by atoms with van der Waals surface area (Å²) in [6.45, 7) is 2.59. The summed E-state index contributed by atoms with van der Waals surface area (Å²) in [5.74, 6) is -0.301. The van der Waals surface area contributed by atoms with Crippen LogP contribution in [0.3, 0.4) is 0 Å². The molecule has 0 amide bonds. The molecule has 5 nitrogen and oxygen atoms in total. The summed E-state index contributed by atoms with van der Waals surface area (Å²) in [7, 11) is 0. The number of ether oxygens (including phenoxy) is 2. The number of hydrogen-bond acceptors (Lipinski definition) is 4. The van der Waals surface area contributed by atoms with Crippen molar-refractivity contribution in [2.24, 2.45) is 5.92 Å². The Morgan fingerprint density at radius 1 is 1.38 bits per heavy atom. The van der Waals surface area contributed by atoms with E-state index in [2.05, 4.69) is 5.32 Å². The zero-order valence-electron chi connectivity index (χ0n) is 9.35. The highest BCUT2D eigenvalue weighted by molar-refractivity contribution is 5.66. The Balaban J connectivity index is 1.72. The van der Waals surface area contributed by atoms with E-state index in [1.54, 1.807) is 0 Å². The maximum absolute atomic E-state index is 10.4. The third-order valence-corrected chi connectivity index (χ3v) is 3.22. The number of aliphatic carboxylic acids is 1. The zero-order chi connectivity index (χ0) is 11.4. The lowest BCUT2D eigenvalue weighted by atomic mass is 9.98. The molecule has 0 saturated carbocycles. The molecule has 2 aliphatic heterocycles. The second kappa shape index (κ2) is 5.61. The molecule has 0 aromatic rings. The van der Waals surface area contributed by atoms with Gasteiger partial charge in [0.25, 0.3) is 0 Å². The largest absolute Gasteiger partial charge is 0.481 e. The number of piperidine rings is 1. The average molecular weight is 229 g/mol. The van der Waals surface area contributed by atoms with Crippen LogP contribution in [0.2, 0.25) is 0 Å². The molecule has 2 aliphatic rings. The summed E-state index contributed by atoms with van der Waals surface area (Å²) >= 11 is 0. The van der Waals surface area contributed by atoms with Gasteiger partial charge < -0.3 is 19.9 Å². The minimum atomic E-state index is -0.770. The molecule has 2 N–H and O–H groups in total. The quantitative estimate of drug-likeness (QED) is 0.738. The summed E-state index contributed by atoms with van der Waals surface area (Å²) in [5, 5.41) is 11.9. The van der Waals surface area contributed by atoms with E-state index in [1.807, 2.05) is 0 Å². The van der Waals surface area contributed by atoms with Gasteiger partial charge in [-0.15, -0.1) is 0 Å². The molecule has 0 bridgehead atoms. The summed E-state index contributed by atoms with van der Waals surface area (Å²) in [6, 6.07) is 0. The van der Waals surface area contributed by atoms with Gasteiger partial charge in [-0.2, -0.15) is 0 Å². The van der Waals surface area contributed by atoms with Gasteiger partial charge in [0, 0.05) is 12.3 Å². The number of nitrogens with one attached hydrogen (secondary N) is 1. The van der Waals surface area contributed by atoms with E-state index < -0.39 is 5.97 Å². The van der Waals surface area contributed by atoms with Crippen molar-refractivity contribution in [1.82, 2.24) is 5.32 Å². The highest BCUT2D eigenvalue weighted by atomic mass is 16.7. The van der Waals surface area contributed by atoms with Crippen molar-refractivity contribution < 1.29 is 19.4 Å². The number of rotatable bonds is 4. The van der Waals surface area contributed by atoms with Crippen LogP contribution in [0.15, 0.2) is 0 Å². The van der Waals surface area contributed by atoms with Crippen molar-refractivity contribution in [3.05, 3.63) is 0 Å². The van der Waals surface area contributed by atoms with E-state index in [0.717, 1.165) is 25.9 Å². The Hall–Kier alpha value is -0.650. The van der Waals surface area contributed by atoms with Crippen molar-refractivity contribution in [2.45, 2.75) is 38.1 Å². The van der Waals surface area contributed by atoms with Gasteiger partial charge >= 0.3 is 5.97 Å². The minimum absolute atomic E-state index is 0.0315. The van der Waals surface area contributed by atoms with E-state index in [-0.39, 0.29) is 18.8 Å². The van der Waals surface area contributed by atoms with Gasteiger partial charge in [0.15, 0.2) is 6.29 Å². The lowest BCUT2D eigenvalue weighted by Crippen LogP contribution is -2.34. The topological polar surface area (TPSA) is 67.8 Å². The normalized spacial score (nSPS) is 31.8. The van der Waals surface area contributed by atoms with E-state index in [9.17, 15) is 4.79 Å². The van der Waals surface area contributed by atoms with Gasteiger partial charge in [0.05, 0.1) is 12.7 Å². The molecule has 0 aromatic carbocycles. The summed E-state index contributed by atoms with van der Waals surface area (Å²) in [5.41, 5.74) is 0. The standard InChI is InChI=1S/C11H19NO4/c13-10(14)2-1-9-7-15-11(16-9)8-3-5-12-6-4-8/h8-9,11-12H,1-7H2,(H,13,14). The van der Waals surface area contributed by atoms with Crippen molar-refractivity contribution in [3.8, 4) is 0 Å². The highest BCUT2D eigenvalue weighted by Gasteiger charge is 2.33. The molecule has 2 heterocycles. The molecule has 2 atom stereocenters. The van der Waals surface area contributed by atoms with Crippen LogP contribution >= 0.6 is 0 Å². The number of carboxylic acids is 1. The molecular weight excluding hydrogens is 210 g/mol. The van der Waals surface area contributed by atoms with E-state index in [4.69, 9.17) is 14.6 Å². The van der Waals surface area contributed by atoms with Crippen LogP contribution in [0.25, 0.3) is 0 Å². The first-order valence-corrected chi connectivity index (χ1v) is 5.95. The molecule has 0 radical (unpaired) electrons. The number of carboxylic acid groups (broad SMARTS) is 1. The first kappa shape index (κ1) is 11.8. The lowest BCUT2D eigenvalue weighted by Gasteiger charge is -2.26. The summed E-state index contributed by atoms with van der Waals surface area (Å²) < 4.78 is 11.3. The predicted octanol–water partition coefficient (Wildman–Crippen LogP) is 0.592. The molecule has 0 spiro atoms. The van der Waals surface area contributed by atoms with Crippen LogP contribution in [0.4, 0.5) is 0 Å². The predicted molar refractivity (Wildman–Crippen MR) is 57.1 cm³/mol. The van der Waals surface area contributed by atoms with Crippen LogP contribution < -0.4 is 5.32 Å². The molecular formula is C11H19NO4. The molecule has 5 heteroatoms. The van der Waals surface area contributed by atoms with Gasteiger partial charge in [0.1, 0.15) is 0 Å². The van der Waals surface area contributed by atoms with Gasteiger partial charge in [-0.25, -0.2) is 0 Å². The first-order valence-electron chi connectivity index (χ1n) is 5.95. The van der Waals surface area contributed by atoms with Crippen molar-refractivity contribution in [2.75, 3.05) is 19.7 Å². The smallest absolute Gasteiger partial charge is 0.303 e. The molecule has 2 unspecified atom stereocenters. The molecule has 0 aromatic heterocycles. The minimum Gasteiger partial charge on any atom is -0.481 e. The van der Waals surface area contributed by atoms with E-state index in [0.29, 0.717) is 18.9 Å². The van der Waals surface area contributed by atoms with E-state index in [1.165, 1.54) is 0 Å². The molecule has 2 rings (SSSR count). The fraction of sp³-hybridized carbons (Fsp3) is 0.909. The second-order valence-electron chi connectivity index (χ2n) is 4.48. The van der Waals surface area contributed by atoms with Crippen molar-refractivity contribution in [3.63, 3.8) is 0 Å². The molecule has 16 heavy (non-hydrogen) atoms. The Bertz CT molecular complexity index is 240. The highest BCUT2D eigenvalue weighted by Crippen LogP contribution is 2.27. The summed E-state index contributed by atoms with van der Waals surface area (Å²) in [4.78, 5) is 10.4. The monoisotopic (exact) mass is 229 g/mol. The third-order valence-electron chi connectivity index (χ3n) is 3.22. The second-order valence-corrected chi connectivity index (χ2v) is 4.48. The van der Waals surface area contributed by atoms with Gasteiger partial charge in [-0.1, -0.05) is 0 Å². The maximum Gasteiger partial charge on any atom is 0.303 e. The fourth-order valence-corrected chi connectivity index (χ4v) is 2.27. The average Bonchev–Trinajstić information content (AvgIpc) is 2.76. The van der Waals surface area contributed by atoms with Crippen LogP contribution in [0.5, 0.6) is 0 Å². The summed E-state index contributed by atoms with van der Waals surface area (Å²) in [6.07, 6.45) is 2.73. The molecule has 0 aliphatic carbocycles. The molecule has 2 saturated heterocycles. The van der Waals surface area contributed by atoms with Crippen molar-refractivity contribution >= 4 is 5.97 Å². The Morgan fingerprint density at radius 3 is 2.81 bits per heavy atom. The first-order chi connectivity index (χ1) is 7.75. The SMILES string of the molecule is O=C(O)CCC1COC(C2CCNCC2)O1. The van der Waals surface area contributed by atoms with Crippen LogP contribution in [0.1, 0.15) is 25.7 Å². The zero-order valence-corrected chi connectivity index (χ0v) is 9.35. The Morgan fingerprint density at radius 2 is 2.12 bits per heavy atom. The maximum atomic E-state index is 10.4. The Kier molecular flexibility index (Phi) is 4.15. The van der Waals surface area contributed by atoms with Crippen molar-refractivity contribution in [1.29, 1.82) is 0 Å². The van der Waals surface area contributed by atoms with Crippen LogP contribution in [-0.4, -0.2) is 43.2 Å². The van der Waals surface area contributed by atoms with E-state index >= 15 is 0 Å². The van der Waals surface area contributed by atoms with Crippen LogP contribution in [-0.2, 0) is 14.3 Å². The Labute approximate surface area is 95.1 Å². The number of hydrogen-bond donors (Lipinski definition) is 2. The number of carbonyl (C=O) groups is 1.